The summed E-state index contributed by atoms with van der Waals surface area (Å²) in [6, 6.07) is 8.94. The van der Waals surface area contributed by atoms with Crippen molar-refractivity contribution in [3.63, 3.8) is 0 Å². The highest BCUT2D eigenvalue weighted by molar-refractivity contribution is 6.49. The largest absolute Gasteiger partial charge is 0.493 e. The molecule has 0 saturated carbocycles. The van der Waals surface area contributed by atoms with Crippen LogP contribution in [0.2, 0.25) is 0 Å². The van der Waals surface area contributed by atoms with Crippen LogP contribution in [0.1, 0.15) is 20.7 Å². The fourth-order valence-corrected chi connectivity index (χ4v) is 2.36. The van der Waals surface area contributed by atoms with Gasteiger partial charge in [-0.3, -0.25) is 9.59 Å². The van der Waals surface area contributed by atoms with E-state index in [2.05, 4.69) is 0 Å². The number of ketones is 2. The highest BCUT2D eigenvalue weighted by Gasteiger charge is 2.21. The molecule has 150 valence electrons. The van der Waals surface area contributed by atoms with Crippen LogP contribution >= 0.6 is 0 Å². The fourth-order valence-electron chi connectivity index (χ4n) is 2.36. The molecule has 0 bridgehead atoms. The molecule has 0 N–H and O–H groups in total. The normalized spacial score (nSPS) is 10.3. The maximum absolute atomic E-state index is 12.6. The van der Waals surface area contributed by atoms with E-state index in [0.717, 1.165) is 0 Å². The highest BCUT2D eigenvalue weighted by Crippen LogP contribution is 2.30. The number of benzene rings is 2. The average molecular weight is 390 g/mol. The highest BCUT2D eigenvalue weighted by atomic mass is 16.7. The third kappa shape index (κ3) is 4.99. The molecule has 0 radical (unpaired) electrons. The van der Waals surface area contributed by atoms with Gasteiger partial charge >= 0.3 is 0 Å². The predicted molar refractivity (Wildman–Crippen MR) is 99.7 cm³/mol. The van der Waals surface area contributed by atoms with E-state index in [-0.39, 0.29) is 24.7 Å². The number of hydrogen-bond acceptors (Lipinski definition) is 8. The number of carbonyl (C=O) groups is 2. The molecule has 2 aromatic rings. The zero-order valence-corrected chi connectivity index (χ0v) is 16.1. The SMILES string of the molecule is COCOc1ccc(C(=O)C(=O)c2ccc(OCOC)c(OC)c2)cc1OC. The van der Waals surface area contributed by atoms with Gasteiger partial charge in [0.1, 0.15) is 0 Å². The van der Waals surface area contributed by atoms with Crippen molar-refractivity contribution in [2.45, 2.75) is 0 Å². The van der Waals surface area contributed by atoms with E-state index in [1.807, 2.05) is 0 Å². The Hall–Kier alpha value is -3.10. The van der Waals surface area contributed by atoms with Gasteiger partial charge in [-0.15, -0.1) is 0 Å². The Morgan fingerprint density at radius 3 is 1.36 bits per heavy atom. The van der Waals surface area contributed by atoms with Gasteiger partial charge in [0, 0.05) is 25.3 Å². The van der Waals surface area contributed by atoms with Crippen molar-refractivity contribution >= 4 is 11.6 Å². The summed E-state index contributed by atoms with van der Waals surface area (Å²) in [7, 11) is 5.86. The maximum Gasteiger partial charge on any atom is 0.233 e. The van der Waals surface area contributed by atoms with Crippen molar-refractivity contribution < 1.29 is 38.0 Å². The molecule has 0 aromatic heterocycles. The minimum Gasteiger partial charge on any atom is -0.493 e. The van der Waals surface area contributed by atoms with Gasteiger partial charge < -0.3 is 28.4 Å². The second-order valence-electron chi connectivity index (χ2n) is 5.49. The number of hydrogen-bond donors (Lipinski definition) is 0. The molecule has 0 aliphatic carbocycles. The van der Waals surface area contributed by atoms with Gasteiger partial charge in [0.05, 0.1) is 14.2 Å². The molecular weight excluding hydrogens is 368 g/mol. The van der Waals surface area contributed by atoms with E-state index < -0.39 is 11.6 Å². The van der Waals surface area contributed by atoms with Crippen molar-refractivity contribution in [2.24, 2.45) is 0 Å². The molecule has 0 spiro atoms. The van der Waals surface area contributed by atoms with E-state index in [0.29, 0.717) is 23.0 Å². The minimum absolute atomic E-state index is 0.0276. The van der Waals surface area contributed by atoms with Gasteiger partial charge in [0.15, 0.2) is 36.6 Å². The number of methoxy groups -OCH3 is 4. The zero-order valence-electron chi connectivity index (χ0n) is 16.1. The van der Waals surface area contributed by atoms with Gasteiger partial charge in [-0.25, -0.2) is 0 Å². The lowest BCUT2D eigenvalue weighted by molar-refractivity contribution is 0.0490. The molecule has 2 aromatic carbocycles. The molecule has 0 unspecified atom stereocenters. The Morgan fingerprint density at radius 1 is 0.643 bits per heavy atom. The first-order valence-electron chi connectivity index (χ1n) is 8.24. The summed E-state index contributed by atoms with van der Waals surface area (Å²) in [6.07, 6.45) is 0. The molecule has 0 fully saturated rings. The van der Waals surface area contributed by atoms with Crippen LogP contribution in [0.5, 0.6) is 23.0 Å². The van der Waals surface area contributed by atoms with Gasteiger partial charge in [-0.1, -0.05) is 0 Å². The summed E-state index contributed by atoms with van der Waals surface area (Å²) in [5.74, 6) is 0.0472. The van der Waals surface area contributed by atoms with E-state index in [1.54, 1.807) is 12.1 Å². The van der Waals surface area contributed by atoms with Crippen molar-refractivity contribution in [3.8, 4) is 23.0 Å². The Morgan fingerprint density at radius 2 is 1.04 bits per heavy atom. The first kappa shape index (κ1) is 21.2. The third-order valence-corrected chi connectivity index (χ3v) is 3.72. The second kappa shape index (κ2) is 10.3. The monoisotopic (exact) mass is 390 g/mol. The molecule has 28 heavy (non-hydrogen) atoms. The summed E-state index contributed by atoms with van der Waals surface area (Å²) < 4.78 is 30.8. The number of carbonyl (C=O) groups excluding carboxylic acids is 2. The number of rotatable bonds is 11. The summed E-state index contributed by atoms with van der Waals surface area (Å²) in [5, 5.41) is 0. The second-order valence-corrected chi connectivity index (χ2v) is 5.49. The molecule has 8 nitrogen and oxygen atoms in total. The topological polar surface area (TPSA) is 89.5 Å². The Kier molecular flexibility index (Phi) is 7.79. The smallest absolute Gasteiger partial charge is 0.233 e. The van der Waals surface area contributed by atoms with Crippen molar-refractivity contribution in [3.05, 3.63) is 47.5 Å². The van der Waals surface area contributed by atoms with E-state index in [1.165, 1.54) is 52.7 Å². The molecule has 0 heterocycles. The molecule has 0 atom stereocenters. The Balaban J connectivity index is 2.25. The zero-order chi connectivity index (χ0) is 20.5. The van der Waals surface area contributed by atoms with Crippen LogP contribution in [0.15, 0.2) is 36.4 Å². The quantitative estimate of drug-likeness (QED) is 0.329. The van der Waals surface area contributed by atoms with Gasteiger partial charge in [0.2, 0.25) is 11.6 Å². The predicted octanol–water partition coefficient (Wildman–Crippen LogP) is 2.73. The molecule has 0 saturated heterocycles. The van der Waals surface area contributed by atoms with Gasteiger partial charge in [-0.05, 0) is 36.4 Å². The Bertz CT molecular complexity index is 761. The Labute approximate surface area is 162 Å². The molecule has 0 amide bonds. The van der Waals surface area contributed by atoms with Crippen molar-refractivity contribution in [1.29, 1.82) is 0 Å². The summed E-state index contributed by atoms with van der Waals surface area (Å²) in [4.78, 5) is 25.3. The van der Waals surface area contributed by atoms with Crippen molar-refractivity contribution in [2.75, 3.05) is 42.0 Å². The number of ether oxygens (including phenoxy) is 6. The van der Waals surface area contributed by atoms with Crippen LogP contribution in [0.4, 0.5) is 0 Å². The molecule has 0 aliphatic rings. The molecule has 2 rings (SSSR count). The van der Waals surface area contributed by atoms with E-state index in [4.69, 9.17) is 28.4 Å². The summed E-state index contributed by atoms with van der Waals surface area (Å²) in [5.41, 5.74) is 0.343. The third-order valence-electron chi connectivity index (χ3n) is 3.72. The van der Waals surface area contributed by atoms with E-state index >= 15 is 0 Å². The molecular formula is C20H22O8. The van der Waals surface area contributed by atoms with Crippen molar-refractivity contribution in [1.82, 2.24) is 0 Å². The summed E-state index contributed by atoms with van der Waals surface area (Å²) >= 11 is 0. The standard InChI is InChI=1S/C20H22O8/c1-23-11-27-15-7-5-13(9-17(15)25-3)19(21)20(22)14-6-8-16(28-12-24-2)18(10-14)26-4/h5-10H,11-12H2,1-4H3. The van der Waals surface area contributed by atoms with Gasteiger partial charge in [0.25, 0.3) is 0 Å². The van der Waals surface area contributed by atoms with Crippen LogP contribution in [0, 0.1) is 0 Å². The lowest BCUT2D eigenvalue weighted by Crippen LogP contribution is -2.15. The first-order chi connectivity index (χ1) is 13.5. The van der Waals surface area contributed by atoms with Crippen LogP contribution in [-0.4, -0.2) is 53.6 Å². The molecule has 8 heteroatoms. The molecule has 0 aliphatic heterocycles. The average Bonchev–Trinajstić information content (AvgIpc) is 2.74. The van der Waals surface area contributed by atoms with Crippen LogP contribution in [-0.2, 0) is 9.47 Å². The lowest BCUT2D eigenvalue weighted by atomic mass is 10.0. The van der Waals surface area contributed by atoms with Crippen LogP contribution in [0.25, 0.3) is 0 Å². The first-order valence-corrected chi connectivity index (χ1v) is 8.24. The maximum atomic E-state index is 12.6. The number of Topliss-reactive ketones (excluding diaryl/α,β-unsaturated/α-hetero) is 2. The lowest BCUT2D eigenvalue weighted by Gasteiger charge is -2.12. The van der Waals surface area contributed by atoms with Crippen LogP contribution < -0.4 is 18.9 Å². The van der Waals surface area contributed by atoms with Crippen LogP contribution in [0.3, 0.4) is 0 Å². The van der Waals surface area contributed by atoms with E-state index in [9.17, 15) is 9.59 Å². The summed E-state index contributed by atoms with van der Waals surface area (Å²) in [6.45, 7) is 0.0553. The fraction of sp³-hybridized carbons (Fsp3) is 0.300. The van der Waals surface area contributed by atoms with Gasteiger partial charge in [-0.2, -0.15) is 0 Å². The minimum atomic E-state index is -0.691.